The van der Waals surface area contributed by atoms with Gasteiger partial charge in [-0.15, -0.1) is 0 Å². The first-order valence-corrected chi connectivity index (χ1v) is 5.62. The first-order chi connectivity index (χ1) is 9.26. The molecule has 0 rings (SSSR count). The van der Waals surface area contributed by atoms with Crippen molar-refractivity contribution >= 4 is 6.29 Å². The molecule has 122 valence electrons. The lowest BCUT2D eigenvalue weighted by molar-refractivity contribution is -0.127. The average molecular weight is 302 g/mol. The van der Waals surface area contributed by atoms with Gasteiger partial charge in [-0.3, -0.25) is 0 Å². The highest BCUT2D eigenvalue weighted by molar-refractivity contribution is 5.56. The zero-order chi connectivity index (χ0) is 16.3. The van der Waals surface area contributed by atoms with Crippen LogP contribution in [0.25, 0.3) is 0 Å². The second kappa shape index (κ2) is 12.1. The summed E-state index contributed by atoms with van der Waals surface area (Å²) in [4.78, 5) is 9.76. The number of aldehydes is 1. The summed E-state index contributed by atoms with van der Waals surface area (Å²) in [6, 6.07) is 0. The van der Waals surface area contributed by atoms with Crippen molar-refractivity contribution in [1.29, 1.82) is 0 Å². The van der Waals surface area contributed by atoms with Gasteiger partial charge in [-0.25, -0.2) is 0 Å². The van der Waals surface area contributed by atoms with Crippen LogP contribution in [0.4, 0.5) is 0 Å². The van der Waals surface area contributed by atoms with Crippen LogP contribution in [0.3, 0.4) is 0 Å². The smallest absolute Gasteiger partial charge is 0.151 e. The van der Waals surface area contributed by atoms with Crippen molar-refractivity contribution in [2.24, 2.45) is 0 Å². The molecule has 0 aromatic rings. The monoisotopic (exact) mass is 302 g/mol. The Labute approximate surface area is 114 Å². The number of aliphatic hydroxyl groups is 9. The van der Waals surface area contributed by atoms with Crippen molar-refractivity contribution in [3.8, 4) is 0 Å². The van der Waals surface area contributed by atoms with Gasteiger partial charge in [0.05, 0.1) is 19.8 Å². The van der Waals surface area contributed by atoms with Gasteiger partial charge in [0.25, 0.3) is 0 Å². The van der Waals surface area contributed by atoms with Crippen molar-refractivity contribution < 1.29 is 50.8 Å². The highest BCUT2D eigenvalue weighted by Crippen LogP contribution is 1.98. The molecule has 0 amide bonds. The van der Waals surface area contributed by atoms with E-state index in [0.717, 1.165) is 0 Å². The van der Waals surface area contributed by atoms with Gasteiger partial charge >= 0.3 is 0 Å². The Bertz CT molecular complexity index is 228. The fraction of sp³-hybridized carbons (Fsp3) is 0.900. The summed E-state index contributed by atoms with van der Waals surface area (Å²) in [5, 5.41) is 76.6. The fourth-order valence-electron chi connectivity index (χ4n) is 0.889. The normalized spacial score (nSPS) is 19.9. The van der Waals surface area contributed by atoms with Crippen LogP contribution < -0.4 is 0 Å². The van der Waals surface area contributed by atoms with Gasteiger partial charge in [0, 0.05) is 0 Å². The summed E-state index contributed by atoms with van der Waals surface area (Å²) in [7, 11) is 0. The van der Waals surface area contributed by atoms with E-state index in [4.69, 9.17) is 46.0 Å². The Morgan fingerprint density at radius 3 is 1.20 bits per heavy atom. The first-order valence-electron chi connectivity index (χ1n) is 5.62. The second-order valence-electron chi connectivity index (χ2n) is 3.86. The molecule has 0 aliphatic carbocycles. The summed E-state index contributed by atoms with van der Waals surface area (Å²) in [5.74, 6) is 0. The third kappa shape index (κ3) is 8.47. The topological polar surface area (TPSA) is 199 Å². The maximum atomic E-state index is 9.76. The Kier molecular flexibility index (Phi) is 13.1. The molecular weight excluding hydrogens is 280 g/mol. The van der Waals surface area contributed by atoms with E-state index < -0.39 is 56.4 Å². The van der Waals surface area contributed by atoms with E-state index in [1.54, 1.807) is 0 Å². The van der Waals surface area contributed by atoms with Crippen LogP contribution >= 0.6 is 0 Å². The van der Waals surface area contributed by atoms with E-state index in [-0.39, 0.29) is 6.29 Å². The van der Waals surface area contributed by atoms with E-state index in [9.17, 15) is 4.79 Å². The van der Waals surface area contributed by atoms with Crippen LogP contribution in [0.5, 0.6) is 0 Å². The lowest BCUT2D eigenvalue weighted by Crippen LogP contribution is -2.41. The average Bonchev–Trinajstić information content (AvgIpc) is 2.50. The lowest BCUT2D eigenvalue weighted by atomic mass is 10.1. The number of rotatable bonds is 8. The molecule has 0 heterocycles. The molecule has 0 saturated carbocycles. The van der Waals surface area contributed by atoms with E-state index in [1.165, 1.54) is 0 Å². The molecule has 0 aliphatic rings. The molecule has 0 aromatic carbocycles. The molecule has 0 fully saturated rings. The Hall–Kier alpha value is -0.690. The molecule has 0 saturated heterocycles. The standard InChI is InChI=1S/C5H12O5.C5H10O5/c2*6-1-3(8)5(10)4(9)2-7/h3-10H,1-2H2;1,3-5,7-10H,2H2. The summed E-state index contributed by atoms with van der Waals surface area (Å²) in [6.07, 6.45) is -8.92. The van der Waals surface area contributed by atoms with Crippen LogP contribution in [0.15, 0.2) is 0 Å². The third-order valence-electron chi connectivity index (χ3n) is 2.23. The largest absolute Gasteiger partial charge is 0.394 e. The van der Waals surface area contributed by atoms with Crippen molar-refractivity contribution in [2.45, 2.75) is 36.6 Å². The van der Waals surface area contributed by atoms with E-state index in [1.807, 2.05) is 0 Å². The number of carbonyl (C=O) groups is 1. The minimum Gasteiger partial charge on any atom is -0.394 e. The van der Waals surface area contributed by atoms with Crippen molar-refractivity contribution in [2.75, 3.05) is 19.8 Å². The minimum absolute atomic E-state index is 0.0869. The summed E-state index contributed by atoms with van der Waals surface area (Å²) >= 11 is 0. The number of aliphatic hydroxyl groups excluding tert-OH is 9. The van der Waals surface area contributed by atoms with Gasteiger partial charge in [0.15, 0.2) is 6.29 Å². The van der Waals surface area contributed by atoms with Crippen LogP contribution in [0.1, 0.15) is 0 Å². The van der Waals surface area contributed by atoms with Gasteiger partial charge in [-0.05, 0) is 0 Å². The molecule has 0 spiro atoms. The number of hydrogen-bond donors (Lipinski definition) is 9. The van der Waals surface area contributed by atoms with Crippen LogP contribution in [-0.4, -0.2) is 109 Å². The summed E-state index contributed by atoms with van der Waals surface area (Å²) < 4.78 is 0. The minimum atomic E-state index is -1.64. The zero-order valence-corrected chi connectivity index (χ0v) is 10.6. The van der Waals surface area contributed by atoms with E-state index >= 15 is 0 Å². The molecular formula is C10H22O10. The molecule has 10 nitrogen and oxygen atoms in total. The maximum Gasteiger partial charge on any atom is 0.151 e. The molecule has 10 heteroatoms. The molecule has 0 bridgehead atoms. The van der Waals surface area contributed by atoms with Gasteiger partial charge in [-0.1, -0.05) is 0 Å². The van der Waals surface area contributed by atoms with Gasteiger partial charge in [-0.2, -0.15) is 0 Å². The second-order valence-corrected chi connectivity index (χ2v) is 3.86. The van der Waals surface area contributed by atoms with Crippen molar-refractivity contribution in [3.05, 3.63) is 0 Å². The molecule has 20 heavy (non-hydrogen) atoms. The summed E-state index contributed by atoms with van der Waals surface area (Å²) in [5.41, 5.74) is 0. The van der Waals surface area contributed by atoms with E-state index in [0.29, 0.717) is 0 Å². The third-order valence-corrected chi connectivity index (χ3v) is 2.23. The van der Waals surface area contributed by atoms with Crippen molar-refractivity contribution in [1.82, 2.24) is 0 Å². The quantitative estimate of drug-likeness (QED) is 0.195. The maximum absolute atomic E-state index is 9.76. The van der Waals surface area contributed by atoms with Crippen LogP contribution in [0.2, 0.25) is 0 Å². The number of carbonyl (C=O) groups excluding carboxylic acids is 1. The number of hydrogen-bond acceptors (Lipinski definition) is 10. The van der Waals surface area contributed by atoms with Crippen LogP contribution in [0, 0.1) is 0 Å². The van der Waals surface area contributed by atoms with Gasteiger partial charge in [0.1, 0.15) is 36.6 Å². The van der Waals surface area contributed by atoms with Gasteiger partial charge < -0.3 is 50.8 Å². The Morgan fingerprint density at radius 1 is 0.650 bits per heavy atom. The predicted molar refractivity (Wildman–Crippen MR) is 63.4 cm³/mol. The molecule has 9 N–H and O–H groups in total. The molecule has 5 atom stereocenters. The van der Waals surface area contributed by atoms with Crippen molar-refractivity contribution in [3.63, 3.8) is 0 Å². The SMILES string of the molecule is O=CC(O)C(O)C(O)CO.OCC(O)C(O)C(O)CO. The zero-order valence-electron chi connectivity index (χ0n) is 10.6. The van der Waals surface area contributed by atoms with Crippen LogP contribution in [-0.2, 0) is 4.79 Å². The highest BCUT2D eigenvalue weighted by Gasteiger charge is 2.23. The predicted octanol–water partition coefficient (Wildman–Crippen LogP) is -5.69. The Balaban J connectivity index is 0. The highest BCUT2D eigenvalue weighted by atomic mass is 16.4. The van der Waals surface area contributed by atoms with E-state index in [2.05, 4.69) is 0 Å². The molecule has 5 unspecified atom stereocenters. The first kappa shape index (κ1) is 21.6. The lowest BCUT2D eigenvalue weighted by Gasteiger charge is -2.19. The summed E-state index contributed by atoms with van der Waals surface area (Å²) in [6.45, 7) is -1.97. The molecule has 0 radical (unpaired) electrons. The Morgan fingerprint density at radius 2 is 0.950 bits per heavy atom. The molecule has 0 aliphatic heterocycles. The fourth-order valence-corrected chi connectivity index (χ4v) is 0.889. The molecule has 0 aromatic heterocycles. The van der Waals surface area contributed by atoms with Gasteiger partial charge in [0.2, 0.25) is 0 Å².